The molecule has 4 rings (SSSR count). The number of thiazole rings is 1. The van der Waals surface area contributed by atoms with E-state index in [0.29, 0.717) is 37.7 Å². The van der Waals surface area contributed by atoms with Crippen LogP contribution >= 0.6 is 23.1 Å². The molecule has 2 heterocycles. The van der Waals surface area contributed by atoms with Crippen LogP contribution in [0.1, 0.15) is 31.0 Å². The molecule has 9 heteroatoms. The lowest BCUT2D eigenvalue weighted by molar-refractivity contribution is -0.139. The van der Waals surface area contributed by atoms with Gasteiger partial charge in [-0.25, -0.2) is 9.79 Å². The van der Waals surface area contributed by atoms with E-state index in [1.807, 2.05) is 36.6 Å². The second kappa shape index (κ2) is 10.5. The summed E-state index contributed by atoms with van der Waals surface area (Å²) in [4.78, 5) is 33.0. The Hall–Kier alpha value is -3.30. The first-order chi connectivity index (χ1) is 16.9. The molecule has 0 bridgehead atoms. The van der Waals surface area contributed by atoms with Gasteiger partial charge in [-0.1, -0.05) is 23.5 Å². The highest BCUT2D eigenvalue weighted by Crippen LogP contribution is 2.32. The Morgan fingerprint density at radius 2 is 1.91 bits per heavy atom. The minimum atomic E-state index is -0.643. The SMILES string of the molecule is CCOC(=O)C1=C(C)N=c2s/c(=C\c3cc(OC)ccc3OC)c(=O)n2[C@@H]1c1ccc(SC)cc1. The van der Waals surface area contributed by atoms with Gasteiger partial charge in [-0.3, -0.25) is 9.36 Å². The molecule has 2 aromatic carbocycles. The summed E-state index contributed by atoms with van der Waals surface area (Å²) < 4.78 is 18.2. The van der Waals surface area contributed by atoms with Gasteiger partial charge in [-0.05, 0) is 62.1 Å². The normalized spacial score (nSPS) is 15.5. The quantitative estimate of drug-likeness (QED) is 0.357. The van der Waals surface area contributed by atoms with Gasteiger partial charge in [0, 0.05) is 10.5 Å². The van der Waals surface area contributed by atoms with E-state index in [4.69, 9.17) is 14.2 Å². The largest absolute Gasteiger partial charge is 0.497 e. The molecule has 0 N–H and O–H groups in total. The van der Waals surface area contributed by atoms with Gasteiger partial charge >= 0.3 is 5.97 Å². The number of methoxy groups -OCH3 is 2. The third kappa shape index (κ3) is 4.78. The molecule has 3 aromatic rings. The van der Waals surface area contributed by atoms with Crippen LogP contribution in [0.3, 0.4) is 0 Å². The van der Waals surface area contributed by atoms with E-state index in [1.165, 1.54) is 11.3 Å². The van der Waals surface area contributed by atoms with Crippen LogP contribution in [-0.4, -0.2) is 37.6 Å². The second-order valence-corrected chi connectivity index (χ2v) is 9.57. The monoisotopic (exact) mass is 510 g/mol. The minimum Gasteiger partial charge on any atom is -0.497 e. The van der Waals surface area contributed by atoms with E-state index in [9.17, 15) is 9.59 Å². The Kier molecular flexibility index (Phi) is 7.47. The summed E-state index contributed by atoms with van der Waals surface area (Å²) in [5, 5.41) is 0. The summed E-state index contributed by atoms with van der Waals surface area (Å²) in [5.74, 6) is 0.790. The number of carbonyl (C=O) groups excluding carboxylic acids is 1. The lowest BCUT2D eigenvalue weighted by atomic mass is 9.96. The van der Waals surface area contributed by atoms with Gasteiger partial charge in [-0.15, -0.1) is 11.8 Å². The van der Waals surface area contributed by atoms with Gasteiger partial charge in [0.25, 0.3) is 5.56 Å². The molecule has 7 nitrogen and oxygen atoms in total. The molecule has 0 fully saturated rings. The number of allylic oxidation sites excluding steroid dienone is 1. The van der Waals surface area contributed by atoms with Crippen LogP contribution in [-0.2, 0) is 9.53 Å². The van der Waals surface area contributed by atoms with Crippen LogP contribution < -0.4 is 24.4 Å². The van der Waals surface area contributed by atoms with Crippen molar-refractivity contribution in [2.45, 2.75) is 24.8 Å². The predicted octanol–water partition coefficient (Wildman–Crippen LogP) is 3.54. The van der Waals surface area contributed by atoms with Crippen molar-refractivity contribution in [3.05, 3.63) is 84.5 Å². The first-order valence-corrected chi connectivity index (χ1v) is 13.0. The van der Waals surface area contributed by atoms with Gasteiger partial charge in [0.15, 0.2) is 4.80 Å². The second-order valence-electron chi connectivity index (χ2n) is 7.68. The van der Waals surface area contributed by atoms with E-state index < -0.39 is 12.0 Å². The van der Waals surface area contributed by atoms with Crippen LogP contribution in [0.25, 0.3) is 6.08 Å². The van der Waals surface area contributed by atoms with Crippen LogP contribution in [0.15, 0.2) is 68.4 Å². The average molecular weight is 511 g/mol. The maximum Gasteiger partial charge on any atom is 0.338 e. The maximum atomic E-state index is 13.7. The molecule has 0 aliphatic carbocycles. The molecule has 1 atom stereocenters. The number of rotatable bonds is 7. The molecular weight excluding hydrogens is 484 g/mol. The molecular formula is C26H26N2O5S2. The standard InChI is InChI=1S/C26H26N2O5S2/c1-6-33-25(30)22-15(2)27-26-28(23(22)16-7-10-19(34-5)11-8-16)24(29)21(35-26)14-17-13-18(31-3)9-12-20(17)32-4/h7-14,23H,6H2,1-5H3/b21-14-/t23-/m1/s1. The Labute approximate surface area is 211 Å². The molecule has 0 saturated carbocycles. The topological polar surface area (TPSA) is 79.1 Å². The van der Waals surface area contributed by atoms with Crippen molar-refractivity contribution in [2.75, 3.05) is 27.1 Å². The number of hydrogen-bond donors (Lipinski definition) is 0. The number of thioether (sulfide) groups is 1. The van der Waals surface area contributed by atoms with E-state index in [1.54, 1.807) is 62.6 Å². The van der Waals surface area contributed by atoms with Gasteiger partial charge in [0.1, 0.15) is 11.5 Å². The van der Waals surface area contributed by atoms with Crippen LogP contribution in [0, 0.1) is 0 Å². The molecule has 1 aliphatic rings. The predicted molar refractivity (Wildman–Crippen MR) is 138 cm³/mol. The number of fused-ring (bicyclic) bond motifs is 1. The fraction of sp³-hybridized carbons (Fsp3) is 0.269. The molecule has 0 amide bonds. The summed E-state index contributed by atoms with van der Waals surface area (Å²) in [6, 6.07) is 12.6. The van der Waals surface area contributed by atoms with Crippen molar-refractivity contribution >= 4 is 35.1 Å². The highest BCUT2D eigenvalue weighted by molar-refractivity contribution is 7.98. The number of benzene rings is 2. The summed E-state index contributed by atoms with van der Waals surface area (Å²) in [6.45, 7) is 3.76. The van der Waals surface area contributed by atoms with Gasteiger partial charge in [-0.2, -0.15) is 0 Å². The number of hydrogen-bond acceptors (Lipinski definition) is 8. The number of aromatic nitrogens is 1. The van der Waals surface area contributed by atoms with Crippen molar-refractivity contribution in [3.63, 3.8) is 0 Å². The lowest BCUT2D eigenvalue weighted by Gasteiger charge is -2.24. The first kappa shape index (κ1) is 24.8. The highest BCUT2D eigenvalue weighted by Gasteiger charge is 2.33. The van der Waals surface area contributed by atoms with Crippen molar-refractivity contribution in [2.24, 2.45) is 4.99 Å². The molecule has 0 unspecified atom stereocenters. The van der Waals surface area contributed by atoms with Crippen molar-refractivity contribution in [1.82, 2.24) is 4.57 Å². The fourth-order valence-electron chi connectivity index (χ4n) is 3.99. The Morgan fingerprint density at radius 1 is 1.17 bits per heavy atom. The van der Waals surface area contributed by atoms with Gasteiger partial charge in [0.2, 0.25) is 0 Å². The third-order valence-electron chi connectivity index (χ3n) is 5.67. The van der Waals surface area contributed by atoms with Crippen LogP contribution in [0.2, 0.25) is 0 Å². The van der Waals surface area contributed by atoms with E-state index in [0.717, 1.165) is 10.5 Å². The number of ether oxygens (including phenoxy) is 3. The third-order valence-corrected chi connectivity index (χ3v) is 7.40. The summed E-state index contributed by atoms with van der Waals surface area (Å²) >= 11 is 2.89. The van der Waals surface area contributed by atoms with Crippen LogP contribution in [0.4, 0.5) is 0 Å². The number of esters is 1. The molecule has 1 aromatic heterocycles. The van der Waals surface area contributed by atoms with E-state index >= 15 is 0 Å². The van der Waals surface area contributed by atoms with E-state index in [-0.39, 0.29) is 12.2 Å². The maximum absolute atomic E-state index is 13.7. The number of nitrogens with zero attached hydrogens (tertiary/aromatic N) is 2. The first-order valence-electron chi connectivity index (χ1n) is 11.0. The van der Waals surface area contributed by atoms with Gasteiger partial charge in [0.05, 0.1) is 42.7 Å². The Morgan fingerprint density at radius 3 is 2.54 bits per heavy atom. The molecule has 0 spiro atoms. The molecule has 182 valence electrons. The highest BCUT2D eigenvalue weighted by atomic mass is 32.2. The smallest absolute Gasteiger partial charge is 0.338 e. The average Bonchev–Trinajstić information content (AvgIpc) is 3.17. The zero-order chi connectivity index (χ0) is 25.1. The minimum absolute atomic E-state index is 0.230. The van der Waals surface area contributed by atoms with Crippen molar-refractivity contribution in [1.29, 1.82) is 0 Å². The molecule has 0 saturated heterocycles. The van der Waals surface area contributed by atoms with Crippen molar-refractivity contribution < 1.29 is 19.0 Å². The number of carbonyl (C=O) groups is 1. The Bertz CT molecular complexity index is 1470. The fourth-order valence-corrected chi connectivity index (χ4v) is 5.43. The zero-order valence-corrected chi connectivity index (χ0v) is 21.8. The summed E-state index contributed by atoms with van der Waals surface area (Å²) in [7, 11) is 3.16. The van der Waals surface area contributed by atoms with Crippen LogP contribution in [0.5, 0.6) is 11.5 Å². The lowest BCUT2D eigenvalue weighted by Crippen LogP contribution is -2.39. The Balaban J connectivity index is 1.95. The molecule has 35 heavy (non-hydrogen) atoms. The zero-order valence-electron chi connectivity index (χ0n) is 20.2. The summed E-state index contributed by atoms with van der Waals surface area (Å²) in [6.07, 6.45) is 3.77. The van der Waals surface area contributed by atoms with Gasteiger partial charge < -0.3 is 14.2 Å². The van der Waals surface area contributed by atoms with Crippen molar-refractivity contribution in [3.8, 4) is 11.5 Å². The molecule has 1 aliphatic heterocycles. The molecule has 0 radical (unpaired) electrons. The summed E-state index contributed by atoms with van der Waals surface area (Å²) in [5.41, 5.74) is 2.17. The van der Waals surface area contributed by atoms with E-state index in [2.05, 4.69) is 4.99 Å².